The maximum absolute atomic E-state index is 15.7. The first-order chi connectivity index (χ1) is 34.9. The van der Waals surface area contributed by atoms with Gasteiger partial charge in [-0.25, -0.2) is 0 Å². The monoisotopic (exact) mass is 951 g/mol. The summed E-state index contributed by atoms with van der Waals surface area (Å²) in [6.07, 6.45) is 7.17. The van der Waals surface area contributed by atoms with Crippen LogP contribution in [0, 0.1) is 11.3 Å². The number of hydrogen-bond donors (Lipinski definition) is 0. The molecule has 2 aliphatic rings. The quantitative estimate of drug-likeness (QED) is 0.158. The molecule has 0 amide bonds. The number of nitriles is 1. The van der Waals surface area contributed by atoms with Crippen molar-refractivity contribution in [2.45, 2.75) is 25.2 Å². The lowest BCUT2D eigenvalue weighted by atomic mass is 9.93. The normalized spacial score (nSPS) is 15.3. The highest BCUT2D eigenvalue weighted by molar-refractivity contribution is 6.13. The fourth-order valence-corrected chi connectivity index (χ4v) is 10.5. The third kappa shape index (κ3) is 7.64. The molecule has 2 aromatic heterocycles. The number of allylic oxidation sites excluding steroid dienone is 8. The average molecular weight is 952 g/mol. The van der Waals surface area contributed by atoms with Crippen molar-refractivity contribution in [1.82, 2.24) is 9.13 Å². The molecule has 2 aliphatic carbocycles. The van der Waals surface area contributed by atoms with E-state index in [-0.39, 0.29) is 28.6 Å². The van der Waals surface area contributed by atoms with Gasteiger partial charge in [0.25, 0.3) is 0 Å². The molecule has 0 aliphatic heterocycles. The fourth-order valence-electron chi connectivity index (χ4n) is 10.5. The van der Waals surface area contributed by atoms with Gasteiger partial charge in [-0.05, 0) is 111 Å². The van der Waals surface area contributed by atoms with Gasteiger partial charge in [0, 0.05) is 27.1 Å². The molecule has 3 nitrogen and oxygen atoms in total. The number of aromatic nitrogens is 2. The van der Waals surface area contributed by atoms with Crippen LogP contribution >= 0.6 is 0 Å². The van der Waals surface area contributed by atoms with E-state index in [1.165, 1.54) is 0 Å². The van der Waals surface area contributed by atoms with Gasteiger partial charge in [0.05, 0.1) is 50.1 Å². The average Bonchev–Trinajstić information content (AvgIpc) is 3.91. The lowest BCUT2D eigenvalue weighted by Crippen LogP contribution is -2.13. The molecule has 72 heavy (non-hydrogen) atoms. The van der Waals surface area contributed by atoms with Gasteiger partial charge in [-0.1, -0.05) is 164 Å². The third-order valence-corrected chi connectivity index (χ3v) is 13.9. The van der Waals surface area contributed by atoms with Crippen LogP contribution in [0.1, 0.15) is 29.5 Å². The van der Waals surface area contributed by atoms with Crippen LogP contribution < -0.4 is 10.4 Å². The number of nitrogens with zero attached hydrogens (tertiary/aromatic N) is 3. The largest absolute Gasteiger partial charge is 0.417 e. The topological polar surface area (TPSA) is 33.6 Å². The lowest BCUT2D eigenvalue weighted by Gasteiger charge is -2.22. The Morgan fingerprint density at radius 3 is 1.36 bits per heavy atom. The van der Waals surface area contributed by atoms with Crippen LogP contribution in [0.5, 0.6) is 0 Å². The molecule has 0 unspecified atom stereocenters. The van der Waals surface area contributed by atoms with E-state index in [1.54, 1.807) is 12.1 Å². The Morgan fingerprint density at radius 1 is 0.417 bits per heavy atom. The summed E-state index contributed by atoms with van der Waals surface area (Å²) in [5.41, 5.74) is 5.43. The molecule has 0 saturated heterocycles. The number of fused-ring (bicyclic) bond motifs is 6. The van der Waals surface area contributed by atoms with E-state index < -0.39 is 29.0 Å². The molecule has 12 rings (SSSR count). The SMILES string of the molecule is N#Cc1cc(-n2c3cc(-c4ccccc4)ccc3c3ccc(-c4ccccc4)cc32)c(-c2ccc(C(F)(F)F)cc2C(F)(F)F)cc1-n1c2cc(=C3C=CC=CC3)ccc2c2ccc(=C3C=CC=CC3)cc21. The molecule has 9 heteroatoms. The molecular weight excluding hydrogens is 913 g/mol. The van der Waals surface area contributed by atoms with Gasteiger partial charge in [0.15, 0.2) is 0 Å². The van der Waals surface area contributed by atoms with Crippen molar-refractivity contribution < 1.29 is 26.3 Å². The number of rotatable bonds is 5. The van der Waals surface area contributed by atoms with Gasteiger partial charge in [-0.15, -0.1) is 0 Å². The van der Waals surface area contributed by atoms with Crippen LogP contribution in [0.2, 0.25) is 0 Å². The molecule has 8 aromatic carbocycles. The standard InChI is InChI=1S/C63H39F6N3/c64-62(65,66)48-25-30-49(55(36-48)63(67,68)69)54-37-56(71-57-31-43(39-13-5-1-6-14-39)21-26-50(57)51-27-22-44(32-58(51)71)40-15-7-2-8-16-40)47(38-70)35-61(54)72-59-33-45(41-17-9-3-10-18-41)23-28-52(59)53-29-24-46(34-60(53)72)42-19-11-4-12-20-42/h1-13,15,17-37H,14,16H2. The Morgan fingerprint density at radius 2 is 0.903 bits per heavy atom. The molecule has 0 spiro atoms. The molecule has 0 atom stereocenters. The van der Waals surface area contributed by atoms with Gasteiger partial charge in [0.1, 0.15) is 6.07 Å². The van der Waals surface area contributed by atoms with Crippen LogP contribution in [-0.2, 0) is 12.4 Å². The zero-order valence-corrected chi connectivity index (χ0v) is 38.2. The van der Waals surface area contributed by atoms with E-state index in [0.29, 0.717) is 41.0 Å². The molecule has 0 N–H and O–H groups in total. The Hall–Kier alpha value is -8.87. The van der Waals surface area contributed by atoms with Crippen LogP contribution in [0.25, 0.3) is 99.5 Å². The van der Waals surface area contributed by atoms with Crippen molar-refractivity contribution in [3.8, 4) is 50.8 Å². The lowest BCUT2D eigenvalue weighted by molar-refractivity contribution is -0.142. The summed E-state index contributed by atoms with van der Waals surface area (Å²) < 4.78 is 94.2. The second kappa shape index (κ2) is 17.2. The second-order valence-corrected chi connectivity index (χ2v) is 18.1. The highest BCUT2D eigenvalue weighted by atomic mass is 19.4. The highest BCUT2D eigenvalue weighted by Crippen LogP contribution is 2.47. The Labute approximate surface area is 409 Å². The third-order valence-electron chi connectivity index (χ3n) is 13.9. The smallest absolute Gasteiger partial charge is 0.309 e. The molecule has 0 radical (unpaired) electrons. The van der Waals surface area contributed by atoms with Crippen molar-refractivity contribution >= 4 is 54.8 Å². The van der Waals surface area contributed by atoms with Gasteiger partial charge >= 0.3 is 12.4 Å². The minimum Gasteiger partial charge on any atom is -0.309 e. The molecule has 348 valence electrons. The van der Waals surface area contributed by atoms with E-state index in [2.05, 4.69) is 30.4 Å². The van der Waals surface area contributed by atoms with E-state index in [9.17, 15) is 18.4 Å². The van der Waals surface area contributed by atoms with E-state index >= 15 is 13.2 Å². The molecule has 0 saturated carbocycles. The van der Waals surface area contributed by atoms with Crippen molar-refractivity contribution in [3.63, 3.8) is 0 Å². The van der Waals surface area contributed by atoms with Gasteiger partial charge in [-0.2, -0.15) is 31.6 Å². The van der Waals surface area contributed by atoms with Crippen LogP contribution in [0.4, 0.5) is 26.3 Å². The zero-order valence-electron chi connectivity index (χ0n) is 38.2. The molecule has 0 bridgehead atoms. The summed E-state index contributed by atoms with van der Waals surface area (Å²) in [4.78, 5) is 0. The molecular formula is C63H39F6N3. The van der Waals surface area contributed by atoms with E-state index in [4.69, 9.17) is 0 Å². The first kappa shape index (κ1) is 44.3. The number of alkyl halides is 6. The number of halogens is 6. The predicted molar refractivity (Wildman–Crippen MR) is 278 cm³/mol. The Balaban J connectivity index is 1.25. The van der Waals surface area contributed by atoms with Crippen LogP contribution in [-0.4, -0.2) is 9.13 Å². The summed E-state index contributed by atoms with van der Waals surface area (Å²) in [7, 11) is 0. The summed E-state index contributed by atoms with van der Waals surface area (Å²) in [6, 6.07) is 50.9. The Bertz CT molecular complexity index is 3980. The summed E-state index contributed by atoms with van der Waals surface area (Å²) in [6.45, 7) is 0. The number of benzene rings is 8. The maximum Gasteiger partial charge on any atom is 0.417 e. The van der Waals surface area contributed by atoms with Crippen molar-refractivity contribution in [3.05, 3.63) is 240 Å². The predicted octanol–water partition coefficient (Wildman–Crippen LogP) is 16.1. The first-order valence-electron chi connectivity index (χ1n) is 23.5. The summed E-state index contributed by atoms with van der Waals surface area (Å²) in [5, 5.41) is 16.6. The van der Waals surface area contributed by atoms with Gasteiger partial charge < -0.3 is 9.13 Å². The van der Waals surface area contributed by atoms with Gasteiger partial charge in [0.2, 0.25) is 0 Å². The molecule has 0 fully saturated rings. The first-order valence-corrected chi connectivity index (χ1v) is 23.5. The fraction of sp³-hybridized carbons (Fsp3) is 0.0635. The van der Waals surface area contributed by atoms with Gasteiger partial charge in [-0.3, -0.25) is 0 Å². The second-order valence-electron chi connectivity index (χ2n) is 18.1. The minimum absolute atomic E-state index is 0.0224. The van der Waals surface area contributed by atoms with Crippen molar-refractivity contribution in [2.75, 3.05) is 0 Å². The highest BCUT2D eigenvalue weighted by Gasteiger charge is 2.39. The van der Waals surface area contributed by atoms with E-state index in [0.717, 1.165) is 71.4 Å². The van der Waals surface area contributed by atoms with E-state index in [1.807, 2.05) is 167 Å². The summed E-state index contributed by atoms with van der Waals surface area (Å²) >= 11 is 0. The van der Waals surface area contributed by atoms with Crippen molar-refractivity contribution in [1.29, 1.82) is 5.26 Å². The Kier molecular flexibility index (Phi) is 10.6. The minimum atomic E-state index is -5.22. The summed E-state index contributed by atoms with van der Waals surface area (Å²) in [5.74, 6) is 0. The van der Waals surface area contributed by atoms with Crippen molar-refractivity contribution in [2.24, 2.45) is 0 Å². The molecule has 10 aromatic rings. The van der Waals surface area contributed by atoms with Crippen LogP contribution in [0.15, 0.2) is 212 Å². The van der Waals surface area contributed by atoms with Crippen LogP contribution in [0.3, 0.4) is 0 Å². The number of hydrogen-bond acceptors (Lipinski definition) is 1. The maximum atomic E-state index is 15.7. The molecule has 2 heterocycles. The zero-order chi connectivity index (χ0) is 49.3.